The predicted molar refractivity (Wildman–Crippen MR) is 77.4 cm³/mol. The molecule has 0 heterocycles. The molecule has 0 amide bonds. The van der Waals surface area contributed by atoms with E-state index < -0.39 is 0 Å². The molecule has 1 atom stereocenters. The van der Waals surface area contributed by atoms with Crippen LogP contribution in [0.3, 0.4) is 0 Å². The van der Waals surface area contributed by atoms with Gasteiger partial charge < -0.3 is 5.73 Å². The van der Waals surface area contributed by atoms with Crippen LogP contribution in [0.5, 0.6) is 0 Å². The lowest BCUT2D eigenvalue weighted by molar-refractivity contribution is 0.188. The summed E-state index contributed by atoms with van der Waals surface area (Å²) in [5.74, 6) is 0.706. The van der Waals surface area contributed by atoms with Gasteiger partial charge in [-0.05, 0) is 31.2 Å². The zero-order valence-electron chi connectivity index (χ0n) is 11.9. The van der Waals surface area contributed by atoms with E-state index in [0.717, 1.165) is 19.1 Å². The minimum atomic E-state index is -0.251. The molecule has 0 radical (unpaired) electrons. The molecule has 1 aromatic rings. The van der Waals surface area contributed by atoms with Crippen LogP contribution >= 0.6 is 0 Å². The third-order valence-corrected chi connectivity index (χ3v) is 3.63. The van der Waals surface area contributed by atoms with Gasteiger partial charge in [0.1, 0.15) is 0 Å². The maximum atomic E-state index is 6.54. The first-order valence-corrected chi connectivity index (χ1v) is 7.07. The highest BCUT2D eigenvalue weighted by molar-refractivity contribution is 5.23. The Morgan fingerprint density at radius 2 is 1.89 bits per heavy atom. The Balaban J connectivity index is 2.05. The fraction of sp³-hybridized carbons (Fsp3) is 0.625. The van der Waals surface area contributed by atoms with Crippen molar-refractivity contribution in [3.8, 4) is 0 Å². The maximum absolute atomic E-state index is 6.54. The van der Waals surface area contributed by atoms with Gasteiger partial charge in [0.25, 0.3) is 0 Å². The van der Waals surface area contributed by atoms with E-state index in [2.05, 4.69) is 49.9 Å². The minimum Gasteiger partial charge on any atom is -0.321 e. The molecule has 1 aromatic carbocycles. The van der Waals surface area contributed by atoms with Gasteiger partial charge in [-0.1, -0.05) is 44.2 Å². The zero-order valence-corrected chi connectivity index (χ0v) is 11.9. The van der Waals surface area contributed by atoms with Crippen LogP contribution in [0.1, 0.15) is 39.2 Å². The van der Waals surface area contributed by atoms with E-state index in [1.807, 2.05) is 6.07 Å². The fourth-order valence-corrected chi connectivity index (χ4v) is 2.58. The Labute approximate surface area is 111 Å². The molecule has 1 fully saturated rings. The van der Waals surface area contributed by atoms with Crippen LogP contribution in [0.4, 0.5) is 0 Å². The summed E-state index contributed by atoms with van der Waals surface area (Å²) >= 11 is 0. The van der Waals surface area contributed by atoms with Gasteiger partial charge >= 0.3 is 0 Å². The van der Waals surface area contributed by atoms with Crippen LogP contribution in [-0.2, 0) is 5.54 Å². The van der Waals surface area contributed by atoms with Crippen molar-refractivity contribution in [2.24, 2.45) is 11.7 Å². The number of hydrogen-bond acceptors (Lipinski definition) is 2. The SMILES string of the molecule is CC(C)CN(CC(C)(N)c1ccccc1)C1CC1. The van der Waals surface area contributed by atoms with E-state index in [9.17, 15) is 0 Å². The molecule has 0 aliphatic heterocycles. The standard InChI is InChI=1S/C16H26N2/c1-13(2)11-18(15-9-10-15)12-16(3,17)14-7-5-4-6-8-14/h4-8,13,15H,9-12,17H2,1-3H3. The number of hydrogen-bond donors (Lipinski definition) is 1. The van der Waals surface area contributed by atoms with E-state index in [1.54, 1.807) is 0 Å². The van der Waals surface area contributed by atoms with Crippen molar-refractivity contribution in [1.82, 2.24) is 4.90 Å². The first kappa shape index (κ1) is 13.6. The third kappa shape index (κ3) is 3.56. The monoisotopic (exact) mass is 246 g/mol. The van der Waals surface area contributed by atoms with Gasteiger partial charge in [-0.3, -0.25) is 4.90 Å². The molecular weight excluding hydrogens is 220 g/mol. The Bertz CT molecular complexity index is 366. The van der Waals surface area contributed by atoms with E-state index >= 15 is 0 Å². The van der Waals surface area contributed by atoms with Gasteiger partial charge in [0, 0.05) is 19.1 Å². The van der Waals surface area contributed by atoms with Gasteiger partial charge in [-0.25, -0.2) is 0 Å². The smallest absolute Gasteiger partial charge is 0.0510 e. The summed E-state index contributed by atoms with van der Waals surface area (Å²) in [5, 5.41) is 0. The van der Waals surface area contributed by atoms with Crippen LogP contribution in [-0.4, -0.2) is 24.0 Å². The summed E-state index contributed by atoms with van der Waals surface area (Å²) in [6.07, 6.45) is 2.69. The summed E-state index contributed by atoms with van der Waals surface area (Å²) in [6.45, 7) is 8.83. The van der Waals surface area contributed by atoms with Gasteiger partial charge in [-0.15, -0.1) is 0 Å². The Morgan fingerprint density at radius 3 is 2.39 bits per heavy atom. The van der Waals surface area contributed by atoms with Gasteiger partial charge in [-0.2, -0.15) is 0 Å². The van der Waals surface area contributed by atoms with Crippen LogP contribution in [0.25, 0.3) is 0 Å². The molecule has 18 heavy (non-hydrogen) atoms. The molecule has 0 bridgehead atoms. The predicted octanol–water partition coefficient (Wildman–Crippen LogP) is 2.98. The van der Waals surface area contributed by atoms with Gasteiger partial charge in [0.15, 0.2) is 0 Å². The summed E-state index contributed by atoms with van der Waals surface area (Å²) in [7, 11) is 0. The second-order valence-corrected chi connectivity index (χ2v) is 6.34. The molecule has 1 aliphatic rings. The highest BCUT2D eigenvalue weighted by atomic mass is 15.2. The van der Waals surface area contributed by atoms with Crippen LogP contribution in [0.15, 0.2) is 30.3 Å². The lowest BCUT2D eigenvalue weighted by Gasteiger charge is -2.34. The topological polar surface area (TPSA) is 29.3 Å². The largest absolute Gasteiger partial charge is 0.321 e. The average molecular weight is 246 g/mol. The van der Waals surface area contributed by atoms with E-state index in [0.29, 0.717) is 5.92 Å². The molecule has 0 aromatic heterocycles. The van der Waals surface area contributed by atoms with Crippen molar-refractivity contribution >= 4 is 0 Å². The van der Waals surface area contributed by atoms with Crippen LogP contribution in [0.2, 0.25) is 0 Å². The first-order chi connectivity index (χ1) is 8.49. The number of nitrogens with two attached hydrogens (primary N) is 1. The molecule has 1 unspecified atom stereocenters. The molecule has 2 nitrogen and oxygen atoms in total. The fourth-order valence-electron chi connectivity index (χ4n) is 2.58. The second kappa shape index (κ2) is 5.41. The zero-order chi connectivity index (χ0) is 13.2. The summed E-state index contributed by atoms with van der Waals surface area (Å²) in [4.78, 5) is 2.58. The van der Waals surface area contributed by atoms with Crippen LogP contribution in [0, 0.1) is 5.92 Å². The molecule has 2 heteroatoms. The van der Waals surface area contributed by atoms with Gasteiger partial charge in [0.05, 0.1) is 5.54 Å². The lowest BCUT2D eigenvalue weighted by atomic mass is 9.92. The molecule has 1 saturated carbocycles. The third-order valence-electron chi connectivity index (χ3n) is 3.63. The van der Waals surface area contributed by atoms with E-state index in [1.165, 1.54) is 18.4 Å². The minimum absolute atomic E-state index is 0.251. The summed E-state index contributed by atoms with van der Waals surface area (Å²) in [6, 6.07) is 11.3. The molecule has 1 aliphatic carbocycles. The molecule has 100 valence electrons. The Morgan fingerprint density at radius 1 is 1.28 bits per heavy atom. The van der Waals surface area contributed by atoms with Crippen molar-refractivity contribution in [3.05, 3.63) is 35.9 Å². The second-order valence-electron chi connectivity index (χ2n) is 6.34. The number of nitrogens with zero attached hydrogens (tertiary/aromatic N) is 1. The highest BCUT2D eigenvalue weighted by Gasteiger charge is 2.34. The highest BCUT2D eigenvalue weighted by Crippen LogP contribution is 2.30. The Kier molecular flexibility index (Phi) is 4.08. The summed E-state index contributed by atoms with van der Waals surface area (Å²) in [5.41, 5.74) is 7.52. The average Bonchev–Trinajstić information content (AvgIpc) is 3.12. The molecule has 2 N–H and O–H groups in total. The number of rotatable bonds is 6. The van der Waals surface area contributed by atoms with Crippen molar-refractivity contribution < 1.29 is 0 Å². The summed E-state index contributed by atoms with van der Waals surface area (Å²) < 4.78 is 0. The van der Waals surface area contributed by atoms with Crippen molar-refractivity contribution in [2.45, 2.75) is 45.2 Å². The first-order valence-electron chi connectivity index (χ1n) is 7.07. The Hall–Kier alpha value is -0.860. The molecular formula is C16H26N2. The number of benzene rings is 1. The quantitative estimate of drug-likeness (QED) is 0.836. The van der Waals surface area contributed by atoms with Crippen molar-refractivity contribution in [2.75, 3.05) is 13.1 Å². The molecule has 2 rings (SSSR count). The molecule has 0 spiro atoms. The van der Waals surface area contributed by atoms with Crippen molar-refractivity contribution in [3.63, 3.8) is 0 Å². The lowest BCUT2D eigenvalue weighted by Crippen LogP contribution is -2.47. The van der Waals surface area contributed by atoms with Gasteiger partial charge in [0.2, 0.25) is 0 Å². The van der Waals surface area contributed by atoms with E-state index in [4.69, 9.17) is 5.73 Å². The van der Waals surface area contributed by atoms with E-state index in [-0.39, 0.29) is 5.54 Å². The molecule has 0 saturated heterocycles. The normalized spacial score (nSPS) is 19.2. The maximum Gasteiger partial charge on any atom is 0.0510 e. The van der Waals surface area contributed by atoms with Crippen LogP contribution < -0.4 is 5.73 Å². The van der Waals surface area contributed by atoms with Crippen molar-refractivity contribution in [1.29, 1.82) is 0 Å².